The summed E-state index contributed by atoms with van der Waals surface area (Å²) in [4.78, 5) is 31.6. The van der Waals surface area contributed by atoms with Crippen LogP contribution in [0.25, 0.3) is 0 Å². The molecule has 0 bridgehead atoms. The number of carbonyl (C=O) groups excluding carboxylic acids is 2. The third-order valence-corrected chi connectivity index (χ3v) is 5.19. The minimum Gasteiger partial charge on any atom is -0.489 e. The molecule has 2 N–H and O–H groups in total. The van der Waals surface area contributed by atoms with E-state index in [0.717, 1.165) is 11.1 Å². The number of aromatic nitrogens is 3. The number of amides is 2. The molecule has 0 saturated carbocycles. The van der Waals surface area contributed by atoms with Crippen molar-refractivity contribution in [2.24, 2.45) is 5.41 Å². The van der Waals surface area contributed by atoms with Crippen LogP contribution in [-0.4, -0.2) is 46.7 Å². The van der Waals surface area contributed by atoms with Gasteiger partial charge in [-0.05, 0) is 44.5 Å². The number of rotatable bonds is 4. The van der Waals surface area contributed by atoms with Gasteiger partial charge in [0.25, 0.3) is 11.8 Å². The monoisotopic (exact) mass is 457 g/mol. The highest BCUT2D eigenvalue weighted by molar-refractivity contribution is 6.02. The van der Waals surface area contributed by atoms with E-state index in [4.69, 9.17) is 4.74 Å². The molecule has 8 heteroatoms. The van der Waals surface area contributed by atoms with Gasteiger partial charge in [-0.1, -0.05) is 42.2 Å². The SMILES string of the molecule is CN1C(=O)[C@H](NC(=O)c2n[nH]c(Cc3ccccc3)n2)COc2ccc(C#CC(C)(C)C)cc21. The molecule has 1 aromatic heterocycles. The molecule has 0 spiro atoms. The number of fused-ring (bicyclic) bond motifs is 1. The first-order valence-corrected chi connectivity index (χ1v) is 11.0. The fourth-order valence-corrected chi connectivity index (χ4v) is 3.43. The van der Waals surface area contributed by atoms with Crippen molar-refractivity contribution >= 4 is 17.5 Å². The first kappa shape index (κ1) is 23.1. The maximum Gasteiger partial charge on any atom is 0.291 e. The summed E-state index contributed by atoms with van der Waals surface area (Å²) in [5.74, 6) is 6.58. The smallest absolute Gasteiger partial charge is 0.291 e. The zero-order chi connectivity index (χ0) is 24.3. The molecule has 0 aliphatic carbocycles. The maximum atomic E-state index is 13.1. The van der Waals surface area contributed by atoms with Gasteiger partial charge in [0, 0.05) is 24.4 Å². The number of benzene rings is 2. The van der Waals surface area contributed by atoms with E-state index in [1.165, 1.54) is 4.90 Å². The number of hydrogen-bond donors (Lipinski definition) is 2. The molecule has 0 unspecified atom stereocenters. The van der Waals surface area contributed by atoms with E-state index >= 15 is 0 Å². The van der Waals surface area contributed by atoms with Gasteiger partial charge in [-0.15, -0.1) is 5.10 Å². The second-order valence-electron chi connectivity index (χ2n) is 9.18. The summed E-state index contributed by atoms with van der Waals surface area (Å²) in [6.07, 6.45) is 0.519. The maximum absolute atomic E-state index is 13.1. The first-order valence-electron chi connectivity index (χ1n) is 11.0. The lowest BCUT2D eigenvalue weighted by Gasteiger charge is -2.20. The van der Waals surface area contributed by atoms with Crippen LogP contribution in [-0.2, 0) is 11.2 Å². The third-order valence-electron chi connectivity index (χ3n) is 5.19. The van der Waals surface area contributed by atoms with E-state index in [1.54, 1.807) is 13.1 Å². The van der Waals surface area contributed by atoms with Crippen molar-refractivity contribution in [3.05, 3.63) is 71.3 Å². The average Bonchev–Trinajstić information content (AvgIpc) is 3.24. The molecule has 0 radical (unpaired) electrons. The number of nitrogens with one attached hydrogen (secondary N) is 2. The van der Waals surface area contributed by atoms with Crippen LogP contribution >= 0.6 is 0 Å². The highest BCUT2D eigenvalue weighted by atomic mass is 16.5. The van der Waals surface area contributed by atoms with Crippen LogP contribution in [0.4, 0.5) is 5.69 Å². The van der Waals surface area contributed by atoms with E-state index in [2.05, 4.69) is 32.3 Å². The number of aromatic amines is 1. The second kappa shape index (κ2) is 9.40. The largest absolute Gasteiger partial charge is 0.489 e. The van der Waals surface area contributed by atoms with E-state index in [1.807, 2.05) is 63.2 Å². The van der Waals surface area contributed by atoms with Gasteiger partial charge in [-0.25, -0.2) is 4.98 Å². The van der Waals surface area contributed by atoms with Gasteiger partial charge in [0.2, 0.25) is 5.82 Å². The molecule has 4 rings (SSSR count). The molecular weight excluding hydrogens is 430 g/mol. The number of H-pyrrole nitrogens is 1. The Morgan fingerprint density at radius 2 is 2.00 bits per heavy atom. The molecule has 1 aliphatic heterocycles. The Bertz CT molecular complexity index is 1260. The van der Waals surface area contributed by atoms with Crippen LogP contribution in [0, 0.1) is 17.3 Å². The standard InChI is InChI=1S/C26H27N5O3/c1-26(2,3)13-12-18-10-11-21-20(14-18)31(4)25(33)19(16-34-21)27-24(32)23-28-22(29-30-23)15-17-8-6-5-7-9-17/h5-11,14,19H,15-16H2,1-4H3,(H,27,32)(H,28,29,30)/t19-/m1/s1. The number of ether oxygens (including phenoxy) is 1. The van der Waals surface area contributed by atoms with Crippen molar-refractivity contribution in [2.75, 3.05) is 18.6 Å². The van der Waals surface area contributed by atoms with Crippen molar-refractivity contribution < 1.29 is 14.3 Å². The zero-order valence-corrected chi connectivity index (χ0v) is 19.7. The molecule has 174 valence electrons. The Morgan fingerprint density at radius 3 is 2.74 bits per heavy atom. The number of carbonyl (C=O) groups is 2. The summed E-state index contributed by atoms with van der Waals surface area (Å²) in [5.41, 5.74) is 2.29. The summed E-state index contributed by atoms with van der Waals surface area (Å²) >= 11 is 0. The molecule has 2 aromatic carbocycles. The summed E-state index contributed by atoms with van der Waals surface area (Å²) < 4.78 is 5.85. The number of likely N-dealkylation sites (N-methyl/N-ethyl adjacent to an activating group) is 1. The molecule has 1 aliphatic rings. The van der Waals surface area contributed by atoms with E-state index in [0.29, 0.717) is 23.7 Å². The average molecular weight is 458 g/mol. The van der Waals surface area contributed by atoms with E-state index in [-0.39, 0.29) is 23.8 Å². The minimum absolute atomic E-state index is 0.00375. The second-order valence-corrected chi connectivity index (χ2v) is 9.18. The molecule has 0 saturated heterocycles. The minimum atomic E-state index is -0.884. The topological polar surface area (TPSA) is 100 Å². The van der Waals surface area contributed by atoms with Gasteiger partial charge in [-0.3, -0.25) is 14.7 Å². The van der Waals surface area contributed by atoms with Crippen molar-refractivity contribution in [2.45, 2.75) is 33.2 Å². The zero-order valence-electron chi connectivity index (χ0n) is 19.7. The van der Waals surface area contributed by atoms with Crippen molar-refractivity contribution in [1.29, 1.82) is 0 Å². The lowest BCUT2D eigenvalue weighted by atomic mass is 9.97. The van der Waals surface area contributed by atoms with Crippen molar-refractivity contribution in [3.8, 4) is 17.6 Å². The van der Waals surface area contributed by atoms with Gasteiger partial charge in [0.15, 0.2) is 0 Å². The number of anilines is 1. The molecular formula is C26H27N5O3. The van der Waals surface area contributed by atoms with Gasteiger partial charge in [0.05, 0.1) is 5.69 Å². The molecule has 0 fully saturated rings. The van der Waals surface area contributed by atoms with Crippen LogP contribution in [0.3, 0.4) is 0 Å². The predicted octanol–water partition coefficient (Wildman–Crippen LogP) is 2.95. The lowest BCUT2D eigenvalue weighted by molar-refractivity contribution is -0.120. The van der Waals surface area contributed by atoms with Crippen LogP contribution in [0.15, 0.2) is 48.5 Å². The summed E-state index contributed by atoms with van der Waals surface area (Å²) in [6.45, 7) is 6.10. The molecule has 1 atom stereocenters. The van der Waals surface area contributed by atoms with Crippen molar-refractivity contribution in [1.82, 2.24) is 20.5 Å². The van der Waals surface area contributed by atoms with Crippen LogP contribution < -0.4 is 15.0 Å². The molecule has 34 heavy (non-hydrogen) atoms. The van der Waals surface area contributed by atoms with Gasteiger partial charge >= 0.3 is 0 Å². The van der Waals surface area contributed by atoms with Crippen LogP contribution in [0.1, 0.15) is 48.3 Å². The summed E-state index contributed by atoms with van der Waals surface area (Å²) in [5, 5.41) is 9.49. The Kier molecular flexibility index (Phi) is 6.37. The molecule has 3 aromatic rings. The van der Waals surface area contributed by atoms with Gasteiger partial charge in [0.1, 0.15) is 24.2 Å². The summed E-state index contributed by atoms with van der Waals surface area (Å²) in [7, 11) is 1.65. The van der Waals surface area contributed by atoms with Crippen molar-refractivity contribution in [3.63, 3.8) is 0 Å². The predicted molar refractivity (Wildman–Crippen MR) is 129 cm³/mol. The highest BCUT2D eigenvalue weighted by Crippen LogP contribution is 2.31. The third kappa shape index (κ3) is 5.44. The lowest BCUT2D eigenvalue weighted by Crippen LogP contribution is -2.49. The van der Waals surface area contributed by atoms with Crippen LogP contribution in [0.2, 0.25) is 0 Å². The Hall–Kier alpha value is -4.12. The first-order chi connectivity index (χ1) is 16.2. The highest BCUT2D eigenvalue weighted by Gasteiger charge is 2.31. The molecule has 8 nitrogen and oxygen atoms in total. The number of nitrogens with zero attached hydrogens (tertiary/aromatic N) is 3. The Balaban J connectivity index is 1.46. The molecule has 2 amide bonds. The normalized spacial score (nSPS) is 15.5. The summed E-state index contributed by atoms with van der Waals surface area (Å²) in [6, 6.07) is 14.3. The Morgan fingerprint density at radius 1 is 1.24 bits per heavy atom. The van der Waals surface area contributed by atoms with E-state index < -0.39 is 11.9 Å². The van der Waals surface area contributed by atoms with Gasteiger partial charge < -0.3 is 15.0 Å². The number of hydrogen-bond acceptors (Lipinski definition) is 5. The van der Waals surface area contributed by atoms with E-state index in [9.17, 15) is 9.59 Å². The van der Waals surface area contributed by atoms with Gasteiger partial charge in [-0.2, -0.15) is 0 Å². The fourth-order valence-electron chi connectivity index (χ4n) is 3.43. The Labute approximate surface area is 198 Å². The van der Waals surface area contributed by atoms with Crippen LogP contribution in [0.5, 0.6) is 5.75 Å². The quantitative estimate of drug-likeness (QED) is 0.587. The molecule has 2 heterocycles. The fraction of sp³-hybridized carbons (Fsp3) is 0.308.